The second kappa shape index (κ2) is 6.76. The summed E-state index contributed by atoms with van der Waals surface area (Å²) in [6.45, 7) is 8.89. The molecule has 2 N–H and O–H groups in total. The monoisotopic (exact) mass is 248 g/mol. The average molecular weight is 248 g/mol. The van der Waals surface area contributed by atoms with Gasteiger partial charge in [0.1, 0.15) is 0 Å². The molecule has 0 unspecified atom stereocenters. The molecule has 0 saturated carbocycles. The van der Waals surface area contributed by atoms with Gasteiger partial charge >= 0.3 is 0 Å². The Morgan fingerprint density at radius 1 is 1.39 bits per heavy atom. The number of hydrogen-bond donors (Lipinski definition) is 2. The lowest BCUT2D eigenvalue weighted by Gasteiger charge is -2.11. The highest BCUT2D eigenvalue weighted by Gasteiger charge is 2.12. The minimum Gasteiger partial charge on any atom is -0.384 e. The highest BCUT2D eigenvalue weighted by atomic mass is 16.5. The van der Waals surface area contributed by atoms with Gasteiger partial charge in [0.2, 0.25) is 0 Å². The third-order valence-electron chi connectivity index (χ3n) is 3.12. The summed E-state index contributed by atoms with van der Waals surface area (Å²) in [7, 11) is 0. The Bertz CT molecular complexity index is 377. The van der Waals surface area contributed by atoms with Crippen LogP contribution < -0.4 is 10.6 Å². The van der Waals surface area contributed by atoms with Crippen molar-refractivity contribution in [2.45, 2.75) is 26.8 Å². The molecular weight excluding hydrogens is 224 g/mol. The zero-order valence-electron chi connectivity index (χ0n) is 11.5. The second-order valence-corrected chi connectivity index (χ2v) is 5.27. The predicted molar refractivity (Wildman–Crippen MR) is 76.0 cm³/mol. The van der Waals surface area contributed by atoms with E-state index in [2.05, 4.69) is 42.7 Å². The Morgan fingerprint density at radius 3 is 3.11 bits per heavy atom. The number of rotatable bonds is 7. The van der Waals surface area contributed by atoms with Crippen LogP contribution in [-0.4, -0.2) is 26.3 Å². The van der Waals surface area contributed by atoms with E-state index in [0.29, 0.717) is 5.92 Å². The van der Waals surface area contributed by atoms with E-state index in [-0.39, 0.29) is 0 Å². The van der Waals surface area contributed by atoms with Gasteiger partial charge in [-0.15, -0.1) is 0 Å². The minimum absolute atomic E-state index is 0.617. The summed E-state index contributed by atoms with van der Waals surface area (Å²) in [6, 6.07) is 6.56. The van der Waals surface area contributed by atoms with Crippen LogP contribution in [0, 0.1) is 5.92 Å². The van der Waals surface area contributed by atoms with Crippen LogP contribution >= 0.6 is 0 Å². The highest BCUT2D eigenvalue weighted by Crippen LogP contribution is 2.25. The Hall–Kier alpha value is -1.06. The smallest absolute Gasteiger partial charge is 0.0591 e. The van der Waals surface area contributed by atoms with Gasteiger partial charge in [-0.25, -0.2) is 0 Å². The molecule has 0 amide bonds. The molecule has 0 atom stereocenters. The number of benzene rings is 1. The molecule has 1 aromatic rings. The molecule has 0 aliphatic carbocycles. The molecule has 18 heavy (non-hydrogen) atoms. The zero-order chi connectivity index (χ0) is 12.8. The van der Waals surface area contributed by atoms with Gasteiger partial charge in [0.15, 0.2) is 0 Å². The van der Waals surface area contributed by atoms with Gasteiger partial charge in [-0.1, -0.05) is 32.0 Å². The molecule has 3 nitrogen and oxygen atoms in total. The van der Waals surface area contributed by atoms with Gasteiger partial charge < -0.3 is 15.4 Å². The van der Waals surface area contributed by atoms with E-state index in [1.165, 1.54) is 16.8 Å². The first-order valence-corrected chi connectivity index (χ1v) is 6.90. The van der Waals surface area contributed by atoms with Crippen LogP contribution in [0.15, 0.2) is 18.2 Å². The van der Waals surface area contributed by atoms with Crippen molar-refractivity contribution in [3.8, 4) is 0 Å². The number of ether oxygens (including phenoxy) is 1. The van der Waals surface area contributed by atoms with Crippen LogP contribution in [0.5, 0.6) is 0 Å². The quantitative estimate of drug-likeness (QED) is 0.727. The molecule has 1 aromatic carbocycles. The molecule has 100 valence electrons. The Morgan fingerprint density at radius 2 is 2.28 bits per heavy atom. The average Bonchev–Trinajstić information content (AvgIpc) is 2.82. The lowest BCUT2D eigenvalue weighted by molar-refractivity contribution is 0.111. The summed E-state index contributed by atoms with van der Waals surface area (Å²) >= 11 is 0. The summed E-state index contributed by atoms with van der Waals surface area (Å²) in [4.78, 5) is 0. The van der Waals surface area contributed by atoms with Crippen molar-refractivity contribution in [3.05, 3.63) is 29.3 Å². The zero-order valence-corrected chi connectivity index (χ0v) is 11.5. The summed E-state index contributed by atoms with van der Waals surface area (Å²) < 4.78 is 5.55. The molecule has 1 aliphatic rings. The first-order chi connectivity index (χ1) is 8.77. The molecule has 3 heteroatoms. The standard InChI is InChI=1S/C15H24N2O/c1-12(2)11-18-9-8-16-10-14-5-3-4-13-6-7-17-15(13)14/h3-5,12,16-17H,6-11H2,1-2H3. The molecule has 0 fully saturated rings. The van der Waals surface area contributed by atoms with Crippen molar-refractivity contribution >= 4 is 5.69 Å². The van der Waals surface area contributed by atoms with Crippen LogP contribution in [-0.2, 0) is 17.7 Å². The fourth-order valence-corrected chi connectivity index (χ4v) is 2.24. The van der Waals surface area contributed by atoms with Gasteiger partial charge in [0, 0.05) is 31.9 Å². The van der Waals surface area contributed by atoms with E-state index in [1.54, 1.807) is 0 Å². The fraction of sp³-hybridized carbons (Fsp3) is 0.600. The van der Waals surface area contributed by atoms with E-state index in [0.717, 1.165) is 39.3 Å². The maximum absolute atomic E-state index is 5.55. The van der Waals surface area contributed by atoms with E-state index in [4.69, 9.17) is 4.74 Å². The lowest BCUT2D eigenvalue weighted by atomic mass is 10.1. The summed E-state index contributed by atoms with van der Waals surface area (Å²) in [5.74, 6) is 0.617. The second-order valence-electron chi connectivity index (χ2n) is 5.27. The fourth-order valence-electron chi connectivity index (χ4n) is 2.24. The number of para-hydroxylation sites is 1. The third kappa shape index (κ3) is 3.72. The van der Waals surface area contributed by atoms with Crippen molar-refractivity contribution in [1.29, 1.82) is 0 Å². The SMILES string of the molecule is CC(C)COCCNCc1cccc2c1NCC2. The van der Waals surface area contributed by atoms with Crippen LogP contribution in [0.25, 0.3) is 0 Å². The third-order valence-corrected chi connectivity index (χ3v) is 3.12. The number of nitrogens with one attached hydrogen (secondary N) is 2. The number of hydrogen-bond acceptors (Lipinski definition) is 3. The molecular formula is C15H24N2O. The normalized spacial score (nSPS) is 13.7. The maximum Gasteiger partial charge on any atom is 0.0591 e. The topological polar surface area (TPSA) is 33.3 Å². The van der Waals surface area contributed by atoms with E-state index in [1.807, 2.05) is 0 Å². The highest BCUT2D eigenvalue weighted by molar-refractivity contribution is 5.61. The van der Waals surface area contributed by atoms with Gasteiger partial charge in [0.05, 0.1) is 6.61 Å². The molecule has 2 rings (SSSR count). The minimum atomic E-state index is 0.617. The first-order valence-electron chi connectivity index (χ1n) is 6.90. The van der Waals surface area contributed by atoms with E-state index in [9.17, 15) is 0 Å². The van der Waals surface area contributed by atoms with Crippen molar-refractivity contribution in [1.82, 2.24) is 5.32 Å². The molecule has 0 bridgehead atoms. The first kappa shape index (κ1) is 13.4. The number of fused-ring (bicyclic) bond motifs is 1. The van der Waals surface area contributed by atoms with Crippen molar-refractivity contribution in [2.75, 3.05) is 31.6 Å². The molecule has 0 aromatic heterocycles. The van der Waals surface area contributed by atoms with Crippen molar-refractivity contribution < 1.29 is 4.74 Å². The number of anilines is 1. The van der Waals surface area contributed by atoms with Crippen LogP contribution in [0.1, 0.15) is 25.0 Å². The predicted octanol–water partition coefficient (Wildman–Crippen LogP) is 2.42. The van der Waals surface area contributed by atoms with Crippen molar-refractivity contribution in [2.24, 2.45) is 5.92 Å². The molecule has 0 spiro atoms. The van der Waals surface area contributed by atoms with E-state index >= 15 is 0 Å². The summed E-state index contributed by atoms with van der Waals surface area (Å²) in [5, 5.41) is 6.90. The lowest BCUT2D eigenvalue weighted by Crippen LogP contribution is -2.20. The molecule has 0 saturated heterocycles. The van der Waals surface area contributed by atoms with Gasteiger partial charge in [0.25, 0.3) is 0 Å². The van der Waals surface area contributed by atoms with Gasteiger partial charge in [-0.3, -0.25) is 0 Å². The molecule has 0 radical (unpaired) electrons. The largest absolute Gasteiger partial charge is 0.384 e. The van der Waals surface area contributed by atoms with Gasteiger partial charge in [-0.2, -0.15) is 0 Å². The Labute approximate surface area is 110 Å². The van der Waals surface area contributed by atoms with Gasteiger partial charge in [-0.05, 0) is 23.5 Å². The molecule has 1 aliphatic heterocycles. The van der Waals surface area contributed by atoms with Crippen LogP contribution in [0.3, 0.4) is 0 Å². The van der Waals surface area contributed by atoms with E-state index < -0.39 is 0 Å². The molecule has 1 heterocycles. The maximum atomic E-state index is 5.55. The van der Waals surface area contributed by atoms with Crippen molar-refractivity contribution in [3.63, 3.8) is 0 Å². The van der Waals surface area contributed by atoms with Crippen LogP contribution in [0.4, 0.5) is 5.69 Å². The summed E-state index contributed by atoms with van der Waals surface area (Å²) in [6.07, 6.45) is 1.15. The van der Waals surface area contributed by atoms with Crippen LogP contribution in [0.2, 0.25) is 0 Å². The Balaban J connectivity index is 1.70. The summed E-state index contributed by atoms with van der Waals surface area (Å²) in [5.41, 5.74) is 4.16. The Kier molecular flexibility index (Phi) is 5.02.